The van der Waals surface area contributed by atoms with Gasteiger partial charge < -0.3 is 20.7 Å². The molecule has 1 atom stereocenters. The van der Waals surface area contributed by atoms with Crippen molar-refractivity contribution in [1.82, 2.24) is 10.2 Å². The molecule has 2 amide bonds. The van der Waals surface area contributed by atoms with Crippen molar-refractivity contribution in [3.05, 3.63) is 30.3 Å². The van der Waals surface area contributed by atoms with Crippen molar-refractivity contribution in [1.29, 1.82) is 0 Å². The molecule has 3 N–H and O–H groups in total. The fourth-order valence-corrected chi connectivity index (χ4v) is 2.59. The van der Waals surface area contributed by atoms with E-state index in [-0.39, 0.29) is 36.4 Å². The van der Waals surface area contributed by atoms with E-state index in [1.807, 2.05) is 18.2 Å². The van der Waals surface area contributed by atoms with Crippen LogP contribution < -0.4 is 15.8 Å². The van der Waals surface area contributed by atoms with Crippen molar-refractivity contribution in [2.75, 3.05) is 26.2 Å². The third kappa shape index (κ3) is 4.96. The first-order valence-electron chi connectivity index (χ1n) is 7.86. The highest BCUT2D eigenvalue weighted by molar-refractivity contribution is 5.85. The van der Waals surface area contributed by atoms with Gasteiger partial charge in [-0.15, -0.1) is 0 Å². The quantitative estimate of drug-likeness (QED) is 0.839. The molecule has 0 saturated carbocycles. The average Bonchev–Trinajstić information content (AvgIpc) is 2.54. The monoisotopic (exact) mass is 319 g/mol. The number of nitrogens with zero attached hydrogens (tertiary/aromatic N) is 1. The van der Waals surface area contributed by atoms with Gasteiger partial charge in [-0.25, -0.2) is 0 Å². The van der Waals surface area contributed by atoms with Crippen molar-refractivity contribution in [2.45, 2.75) is 26.3 Å². The molecule has 6 heteroatoms. The summed E-state index contributed by atoms with van der Waals surface area (Å²) in [4.78, 5) is 25.7. The lowest BCUT2D eigenvalue weighted by molar-refractivity contribution is -0.136. The molecule has 126 valence electrons. The highest BCUT2D eigenvalue weighted by Crippen LogP contribution is 2.27. The van der Waals surface area contributed by atoms with Gasteiger partial charge in [0.15, 0.2) is 6.61 Å². The van der Waals surface area contributed by atoms with Crippen LogP contribution in [0.2, 0.25) is 0 Å². The molecule has 0 spiro atoms. The normalized spacial score (nSPS) is 20.0. The SMILES string of the molecule is CC1(C)CN(C(=O)CNC(=O)COc2ccccc2)CCC1N. The van der Waals surface area contributed by atoms with Crippen molar-refractivity contribution in [3.8, 4) is 5.75 Å². The molecule has 23 heavy (non-hydrogen) atoms. The summed E-state index contributed by atoms with van der Waals surface area (Å²) in [6, 6.07) is 9.19. The Balaban J connectivity index is 1.73. The van der Waals surface area contributed by atoms with Gasteiger partial charge in [0.2, 0.25) is 5.91 Å². The van der Waals surface area contributed by atoms with Crippen LogP contribution in [0.25, 0.3) is 0 Å². The molecule has 0 aliphatic carbocycles. The van der Waals surface area contributed by atoms with Crippen LogP contribution in [0.3, 0.4) is 0 Å². The zero-order valence-electron chi connectivity index (χ0n) is 13.7. The van der Waals surface area contributed by atoms with Crippen LogP contribution in [0.1, 0.15) is 20.3 Å². The van der Waals surface area contributed by atoms with Crippen LogP contribution in [-0.2, 0) is 9.59 Å². The molecule has 6 nitrogen and oxygen atoms in total. The van der Waals surface area contributed by atoms with E-state index in [0.717, 1.165) is 6.42 Å². The van der Waals surface area contributed by atoms with Gasteiger partial charge >= 0.3 is 0 Å². The number of para-hydroxylation sites is 1. The van der Waals surface area contributed by atoms with E-state index >= 15 is 0 Å². The number of hydrogen-bond donors (Lipinski definition) is 2. The minimum Gasteiger partial charge on any atom is -0.484 e. The van der Waals surface area contributed by atoms with Crippen LogP contribution >= 0.6 is 0 Å². The molecule has 2 rings (SSSR count). The van der Waals surface area contributed by atoms with Crippen LogP contribution in [0.5, 0.6) is 5.75 Å². The third-order valence-corrected chi connectivity index (χ3v) is 4.21. The fourth-order valence-electron chi connectivity index (χ4n) is 2.59. The summed E-state index contributed by atoms with van der Waals surface area (Å²) in [5.41, 5.74) is 5.96. The first-order chi connectivity index (χ1) is 10.9. The lowest BCUT2D eigenvalue weighted by Gasteiger charge is -2.42. The Bertz CT molecular complexity index is 545. The minimum atomic E-state index is -0.310. The van der Waals surface area contributed by atoms with Gasteiger partial charge in [-0.05, 0) is 24.0 Å². The van der Waals surface area contributed by atoms with E-state index in [2.05, 4.69) is 19.2 Å². The summed E-state index contributed by atoms with van der Waals surface area (Å²) >= 11 is 0. The molecular weight excluding hydrogens is 294 g/mol. The maximum atomic E-state index is 12.2. The Hall–Kier alpha value is -2.08. The number of amides is 2. The van der Waals surface area contributed by atoms with Crippen LogP contribution in [0.4, 0.5) is 0 Å². The molecule has 0 aromatic heterocycles. The number of piperidine rings is 1. The maximum absolute atomic E-state index is 12.2. The summed E-state index contributed by atoms with van der Waals surface area (Å²) in [5.74, 6) is 0.231. The maximum Gasteiger partial charge on any atom is 0.258 e. The highest BCUT2D eigenvalue weighted by Gasteiger charge is 2.35. The topological polar surface area (TPSA) is 84.7 Å². The number of hydrogen-bond acceptors (Lipinski definition) is 4. The Morgan fingerprint density at radius 2 is 2.04 bits per heavy atom. The van der Waals surface area contributed by atoms with Gasteiger partial charge in [0.1, 0.15) is 5.75 Å². The molecule has 1 fully saturated rings. The molecule has 1 aliphatic rings. The number of carbonyl (C=O) groups is 2. The number of carbonyl (C=O) groups excluding carboxylic acids is 2. The Kier molecular flexibility index (Phi) is 5.60. The second-order valence-corrected chi connectivity index (χ2v) is 6.58. The first kappa shape index (κ1) is 17.3. The van der Waals surface area contributed by atoms with Gasteiger partial charge in [-0.1, -0.05) is 32.0 Å². The first-order valence-corrected chi connectivity index (χ1v) is 7.86. The predicted molar refractivity (Wildman–Crippen MR) is 87.9 cm³/mol. The summed E-state index contributed by atoms with van der Waals surface area (Å²) in [6.07, 6.45) is 0.782. The van der Waals surface area contributed by atoms with Gasteiger partial charge in [-0.2, -0.15) is 0 Å². The van der Waals surface area contributed by atoms with E-state index in [0.29, 0.717) is 18.8 Å². The number of nitrogens with two attached hydrogens (primary N) is 1. The zero-order valence-corrected chi connectivity index (χ0v) is 13.7. The Morgan fingerprint density at radius 1 is 1.35 bits per heavy atom. The fraction of sp³-hybridized carbons (Fsp3) is 0.529. The molecule has 1 heterocycles. The second-order valence-electron chi connectivity index (χ2n) is 6.58. The number of benzene rings is 1. The van der Waals surface area contributed by atoms with Crippen molar-refractivity contribution < 1.29 is 14.3 Å². The van der Waals surface area contributed by atoms with E-state index in [1.165, 1.54) is 0 Å². The van der Waals surface area contributed by atoms with Crippen molar-refractivity contribution in [3.63, 3.8) is 0 Å². The van der Waals surface area contributed by atoms with E-state index in [4.69, 9.17) is 10.5 Å². The summed E-state index contributed by atoms with van der Waals surface area (Å²) in [6.45, 7) is 5.26. The third-order valence-electron chi connectivity index (χ3n) is 4.21. The van der Waals surface area contributed by atoms with Crippen molar-refractivity contribution >= 4 is 11.8 Å². The van der Waals surface area contributed by atoms with Gasteiger partial charge in [0.25, 0.3) is 5.91 Å². The molecule has 1 unspecified atom stereocenters. The molecule has 1 saturated heterocycles. The standard InChI is InChI=1S/C17H25N3O3/c1-17(2)12-20(9-8-14(17)18)16(22)10-19-15(21)11-23-13-6-4-3-5-7-13/h3-7,14H,8-12,18H2,1-2H3,(H,19,21). The van der Waals surface area contributed by atoms with Gasteiger partial charge in [-0.3, -0.25) is 9.59 Å². The molecule has 1 aliphatic heterocycles. The Morgan fingerprint density at radius 3 is 2.70 bits per heavy atom. The smallest absolute Gasteiger partial charge is 0.258 e. The predicted octanol–water partition coefficient (Wildman–Crippen LogP) is 0.767. The Labute approximate surface area is 137 Å². The number of likely N-dealkylation sites (tertiary alicyclic amines) is 1. The second kappa shape index (κ2) is 7.46. The largest absolute Gasteiger partial charge is 0.484 e. The zero-order chi connectivity index (χ0) is 16.9. The number of ether oxygens (including phenoxy) is 1. The molecule has 1 aromatic rings. The van der Waals surface area contributed by atoms with Crippen LogP contribution in [0.15, 0.2) is 30.3 Å². The minimum absolute atomic E-state index is 0.0116. The number of nitrogens with one attached hydrogen (secondary N) is 1. The highest BCUT2D eigenvalue weighted by atomic mass is 16.5. The molecular formula is C17H25N3O3. The molecule has 0 radical (unpaired) electrons. The van der Waals surface area contributed by atoms with E-state index < -0.39 is 0 Å². The molecule has 0 bridgehead atoms. The summed E-state index contributed by atoms with van der Waals surface area (Å²) in [5, 5.41) is 2.60. The van der Waals surface area contributed by atoms with Crippen LogP contribution in [0, 0.1) is 5.41 Å². The van der Waals surface area contributed by atoms with Gasteiger partial charge in [0.05, 0.1) is 6.54 Å². The van der Waals surface area contributed by atoms with Crippen molar-refractivity contribution in [2.24, 2.45) is 11.1 Å². The average molecular weight is 319 g/mol. The van der Waals surface area contributed by atoms with Crippen LogP contribution in [-0.4, -0.2) is 49.0 Å². The summed E-state index contributed by atoms with van der Waals surface area (Å²) < 4.78 is 5.34. The van der Waals surface area contributed by atoms with E-state index in [1.54, 1.807) is 17.0 Å². The van der Waals surface area contributed by atoms with E-state index in [9.17, 15) is 9.59 Å². The number of rotatable bonds is 5. The molecule has 1 aromatic carbocycles. The van der Waals surface area contributed by atoms with Gasteiger partial charge in [0, 0.05) is 19.1 Å². The summed E-state index contributed by atoms with van der Waals surface area (Å²) in [7, 11) is 0. The lowest BCUT2D eigenvalue weighted by atomic mass is 9.79. The lowest BCUT2D eigenvalue weighted by Crippen LogP contribution is -2.55.